The Morgan fingerprint density at radius 2 is 0.800 bits per heavy atom. The molecule has 4 nitrogen and oxygen atoms in total. The fourth-order valence-corrected chi connectivity index (χ4v) is 8.14. The van der Waals surface area contributed by atoms with Crippen LogP contribution in [-0.2, 0) is 0 Å². The molecule has 11 aromatic rings. The standard InChI is InChI=1S/C46H28N4/c1-2-12-31(13-3-1)49-41-20-10-8-17-35(41)38-26-29(22-24-43(38)49)30-23-25-44-39(27-30)36-18-9-11-21-42(36)50(44)46-47-28-40-34-16-5-4-14-32(34)33-15-6-7-19-37(33)45(40)48-46/h1-28H. The molecule has 0 fully saturated rings. The Labute approximate surface area is 287 Å². The van der Waals surface area contributed by atoms with Crippen molar-refractivity contribution in [2.75, 3.05) is 0 Å². The molecule has 0 bridgehead atoms. The molecule has 232 valence electrons. The van der Waals surface area contributed by atoms with Gasteiger partial charge in [0, 0.05) is 44.2 Å². The molecule has 0 radical (unpaired) electrons. The van der Waals surface area contributed by atoms with Crippen LogP contribution in [0.2, 0.25) is 0 Å². The molecule has 11 rings (SSSR count). The Morgan fingerprint density at radius 3 is 1.44 bits per heavy atom. The van der Waals surface area contributed by atoms with Crippen LogP contribution in [0, 0.1) is 0 Å². The van der Waals surface area contributed by atoms with Crippen LogP contribution in [0.15, 0.2) is 170 Å². The third-order valence-corrected chi connectivity index (χ3v) is 10.4. The molecule has 8 aromatic carbocycles. The Kier molecular flexibility index (Phi) is 5.63. The smallest absolute Gasteiger partial charge is 0.235 e. The molecule has 4 heteroatoms. The summed E-state index contributed by atoms with van der Waals surface area (Å²) in [6, 6.07) is 58.7. The number of fused-ring (bicyclic) bond motifs is 12. The van der Waals surface area contributed by atoms with E-state index in [1.807, 2.05) is 6.20 Å². The maximum atomic E-state index is 5.32. The summed E-state index contributed by atoms with van der Waals surface area (Å²) in [5, 5.41) is 10.6. The van der Waals surface area contributed by atoms with E-state index in [4.69, 9.17) is 9.97 Å². The summed E-state index contributed by atoms with van der Waals surface area (Å²) in [4.78, 5) is 10.3. The fraction of sp³-hybridized carbons (Fsp3) is 0. The van der Waals surface area contributed by atoms with Gasteiger partial charge in [0.05, 0.1) is 27.6 Å². The lowest BCUT2D eigenvalue weighted by molar-refractivity contribution is 1.01. The summed E-state index contributed by atoms with van der Waals surface area (Å²) in [5.74, 6) is 0.673. The predicted molar refractivity (Wildman–Crippen MR) is 209 cm³/mol. The van der Waals surface area contributed by atoms with Crippen LogP contribution in [0.1, 0.15) is 0 Å². The molecule has 0 N–H and O–H groups in total. The van der Waals surface area contributed by atoms with Gasteiger partial charge in [-0.2, -0.15) is 0 Å². The van der Waals surface area contributed by atoms with Crippen LogP contribution in [0.3, 0.4) is 0 Å². The minimum Gasteiger partial charge on any atom is -0.309 e. The van der Waals surface area contributed by atoms with E-state index in [1.54, 1.807) is 0 Å². The molecule has 3 aromatic heterocycles. The zero-order valence-electron chi connectivity index (χ0n) is 27.0. The maximum absolute atomic E-state index is 5.32. The van der Waals surface area contributed by atoms with Crippen molar-refractivity contribution in [3.05, 3.63) is 170 Å². The largest absolute Gasteiger partial charge is 0.309 e. The van der Waals surface area contributed by atoms with Gasteiger partial charge in [0.15, 0.2) is 0 Å². The molecule has 3 heterocycles. The molecule has 0 aliphatic rings. The molecule has 0 aliphatic heterocycles. The Hall–Kier alpha value is -6.78. The van der Waals surface area contributed by atoms with Crippen molar-refractivity contribution >= 4 is 76.1 Å². The van der Waals surface area contributed by atoms with Crippen LogP contribution >= 0.6 is 0 Å². The van der Waals surface area contributed by atoms with Gasteiger partial charge in [-0.1, -0.05) is 115 Å². The molecule has 50 heavy (non-hydrogen) atoms. The maximum Gasteiger partial charge on any atom is 0.235 e. The van der Waals surface area contributed by atoms with Gasteiger partial charge in [0.1, 0.15) is 0 Å². The summed E-state index contributed by atoms with van der Waals surface area (Å²) in [6.07, 6.45) is 2.00. The number of aromatic nitrogens is 4. The van der Waals surface area contributed by atoms with Gasteiger partial charge in [-0.25, -0.2) is 9.97 Å². The first-order chi connectivity index (χ1) is 24.8. The second kappa shape index (κ2) is 10.4. The highest BCUT2D eigenvalue weighted by molar-refractivity contribution is 6.24. The monoisotopic (exact) mass is 636 g/mol. The highest BCUT2D eigenvalue weighted by Gasteiger charge is 2.18. The van der Waals surface area contributed by atoms with Gasteiger partial charge >= 0.3 is 0 Å². The van der Waals surface area contributed by atoms with Crippen LogP contribution in [0.4, 0.5) is 0 Å². The number of benzene rings is 8. The first-order valence-corrected chi connectivity index (χ1v) is 17.0. The first-order valence-electron chi connectivity index (χ1n) is 17.0. The quantitative estimate of drug-likeness (QED) is 0.181. The fourth-order valence-electron chi connectivity index (χ4n) is 8.14. The SMILES string of the molecule is c1ccc(-n2c3ccccc3c3cc(-c4ccc5c(c4)c4ccccc4n5-c4ncc5c6ccccc6c6ccccc6c5n4)ccc32)cc1. The molecule has 0 spiro atoms. The molecular weight excluding hydrogens is 609 g/mol. The van der Waals surface area contributed by atoms with Crippen molar-refractivity contribution in [3.8, 4) is 22.8 Å². The van der Waals surface area contributed by atoms with Gasteiger partial charge in [-0.05, 0) is 75.8 Å². The van der Waals surface area contributed by atoms with Crippen LogP contribution in [-0.4, -0.2) is 19.1 Å². The van der Waals surface area contributed by atoms with Crippen molar-refractivity contribution < 1.29 is 0 Å². The van der Waals surface area contributed by atoms with Crippen molar-refractivity contribution in [1.82, 2.24) is 19.1 Å². The van der Waals surface area contributed by atoms with Crippen LogP contribution < -0.4 is 0 Å². The van der Waals surface area contributed by atoms with Crippen LogP contribution in [0.25, 0.3) is 98.8 Å². The third kappa shape index (κ3) is 3.81. The van der Waals surface area contributed by atoms with Gasteiger partial charge in [-0.15, -0.1) is 0 Å². The third-order valence-electron chi connectivity index (χ3n) is 10.4. The van der Waals surface area contributed by atoms with Crippen molar-refractivity contribution in [2.24, 2.45) is 0 Å². The predicted octanol–water partition coefficient (Wildman–Crippen LogP) is 11.8. The number of rotatable bonds is 3. The lowest BCUT2D eigenvalue weighted by atomic mass is 9.98. The Morgan fingerprint density at radius 1 is 0.340 bits per heavy atom. The van der Waals surface area contributed by atoms with E-state index in [0.29, 0.717) is 5.95 Å². The lowest BCUT2D eigenvalue weighted by Crippen LogP contribution is -2.01. The number of para-hydroxylation sites is 3. The number of hydrogen-bond donors (Lipinski definition) is 0. The van der Waals surface area contributed by atoms with Gasteiger partial charge < -0.3 is 4.57 Å². The van der Waals surface area contributed by atoms with E-state index in [2.05, 4.69) is 173 Å². The molecule has 0 unspecified atom stereocenters. The molecule has 0 atom stereocenters. The normalized spacial score (nSPS) is 12.0. The summed E-state index contributed by atoms with van der Waals surface area (Å²) >= 11 is 0. The first kappa shape index (κ1) is 27.2. The number of nitrogens with zero attached hydrogens (tertiary/aromatic N) is 4. The highest BCUT2D eigenvalue weighted by atomic mass is 15.2. The molecule has 0 saturated heterocycles. The molecule has 0 saturated carbocycles. The van der Waals surface area contributed by atoms with E-state index in [9.17, 15) is 0 Å². The summed E-state index contributed by atoms with van der Waals surface area (Å²) in [7, 11) is 0. The topological polar surface area (TPSA) is 35.6 Å². The van der Waals surface area contributed by atoms with E-state index < -0.39 is 0 Å². The van der Waals surface area contributed by atoms with E-state index >= 15 is 0 Å². The molecule has 0 amide bonds. The van der Waals surface area contributed by atoms with Gasteiger partial charge in [0.25, 0.3) is 0 Å². The minimum absolute atomic E-state index is 0.673. The van der Waals surface area contributed by atoms with E-state index in [0.717, 1.165) is 33.0 Å². The van der Waals surface area contributed by atoms with Gasteiger partial charge in [0.2, 0.25) is 5.95 Å². The van der Waals surface area contributed by atoms with E-state index in [-0.39, 0.29) is 0 Å². The zero-order valence-corrected chi connectivity index (χ0v) is 27.0. The number of hydrogen-bond acceptors (Lipinski definition) is 2. The lowest BCUT2D eigenvalue weighted by Gasteiger charge is -2.12. The van der Waals surface area contributed by atoms with Gasteiger partial charge in [-0.3, -0.25) is 4.57 Å². The minimum atomic E-state index is 0.673. The average Bonchev–Trinajstić information content (AvgIpc) is 3.70. The summed E-state index contributed by atoms with van der Waals surface area (Å²) in [5.41, 5.74) is 9.08. The van der Waals surface area contributed by atoms with E-state index in [1.165, 1.54) is 59.9 Å². The molecular formula is C46H28N4. The van der Waals surface area contributed by atoms with Crippen molar-refractivity contribution in [3.63, 3.8) is 0 Å². The Bertz CT molecular complexity index is 3110. The second-order valence-electron chi connectivity index (χ2n) is 13.0. The van der Waals surface area contributed by atoms with Crippen molar-refractivity contribution in [2.45, 2.75) is 0 Å². The van der Waals surface area contributed by atoms with Crippen molar-refractivity contribution in [1.29, 1.82) is 0 Å². The summed E-state index contributed by atoms with van der Waals surface area (Å²) in [6.45, 7) is 0. The van der Waals surface area contributed by atoms with Crippen LogP contribution in [0.5, 0.6) is 0 Å². The highest BCUT2D eigenvalue weighted by Crippen LogP contribution is 2.39. The average molecular weight is 637 g/mol. The second-order valence-corrected chi connectivity index (χ2v) is 13.0. The summed E-state index contributed by atoms with van der Waals surface area (Å²) < 4.78 is 4.58. The Balaban J connectivity index is 1.12. The zero-order chi connectivity index (χ0) is 32.8. The molecule has 0 aliphatic carbocycles.